The number of carbonyl (C=O) groups excluding carboxylic acids is 1. The van der Waals surface area contributed by atoms with Gasteiger partial charge in [0, 0.05) is 13.5 Å². The van der Waals surface area contributed by atoms with E-state index in [1.54, 1.807) is 7.11 Å². The summed E-state index contributed by atoms with van der Waals surface area (Å²) in [5.41, 5.74) is 5.14. The van der Waals surface area contributed by atoms with E-state index in [-0.39, 0.29) is 17.8 Å². The van der Waals surface area contributed by atoms with Crippen LogP contribution in [0.4, 0.5) is 0 Å². The topological polar surface area (TPSA) is 58.6 Å². The van der Waals surface area contributed by atoms with E-state index < -0.39 is 5.54 Å². The molecule has 0 bridgehead atoms. The fraction of sp³-hybridized carbons (Fsp3) is 0.526. The van der Waals surface area contributed by atoms with Gasteiger partial charge in [0.15, 0.2) is 0 Å². The number of aliphatic hydroxyl groups excluding tert-OH is 1. The Morgan fingerprint density at radius 2 is 1.91 bits per heavy atom. The summed E-state index contributed by atoms with van der Waals surface area (Å²) in [6, 6.07) is 2.09. The van der Waals surface area contributed by atoms with Gasteiger partial charge in [0.25, 0.3) is 5.91 Å². The van der Waals surface area contributed by atoms with Crippen molar-refractivity contribution in [3.05, 3.63) is 39.6 Å². The number of amides is 1. The maximum absolute atomic E-state index is 12.7. The predicted molar refractivity (Wildman–Crippen MR) is 90.5 cm³/mol. The van der Waals surface area contributed by atoms with Gasteiger partial charge in [0.2, 0.25) is 0 Å². The zero-order valence-electron chi connectivity index (χ0n) is 14.5. The van der Waals surface area contributed by atoms with Crippen LogP contribution in [0.15, 0.2) is 11.8 Å². The first-order valence-corrected chi connectivity index (χ1v) is 8.17. The lowest BCUT2D eigenvalue weighted by atomic mass is 9.87. The molecule has 1 aliphatic heterocycles. The summed E-state index contributed by atoms with van der Waals surface area (Å²) in [7, 11) is 1.68. The number of carbonyl (C=O) groups is 1. The van der Waals surface area contributed by atoms with Gasteiger partial charge >= 0.3 is 0 Å². The van der Waals surface area contributed by atoms with E-state index in [0.29, 0.717) is 12.0 Å². The molecule has 2 atom stereocenters. The zero-order chi connectivity index (χ0) is 16.9. The molecular weight excluding hydrogens is 290 g/mol. The molecule has 2 N–H and O–H groups in total. The second kappa shape index (κ2) is 5.38. The molecule has 1 amide bonds. The number of nitrogens with one attached hydrogen (secondary N) is 1. The minimum atomic E-state index is -0.648. The van der Waals surface area contributed by atoms with Crippen LogP contribution in [-0.2, 0) is 9.53 Å². The molecule has 0 radical (unpaired) electrons. The quantitative estimate of drug-likeness (QED) is 0.881. The van der Waals surface area contributed by atoms with E-state index >= 15 is 0 Å². The van der Waals surface area contributed by atoms with E-state index in [1.807, 2.05) is 13.8 Å². The lowest BCUT2D eigenvalue weighted by molar-refractivity contribution is -0.116. The van der Waals surface area contributed by atoms with Gasteiger partial charge < -0.3 is 15.2 Å². The fourth-order valence-electron chi connectivity index (χ4n) is 4.12. The van der Waals surface area contributed by atoms with Gasteiger partial charge in [0.05, 0.1) is 11.7 Å². The highest BCUT2D eigenvalue weighted by Crippen LogP contribution is 2.44. The molecule has 1 aliphatic carbocycles. The van der Waals surface area contributed by atoms with Gasteiger partial charge in [-0.05, 0) is 68.4 Å². The number of aliphatic hydroxyl groups is 1. The summed E-state index contributed by atoms with van der Waals surface area (Å²) in [5, 5.41) is 14.0. The van der Waals surface area contributed by atoms with Crippen LogP contribution in [0.3, 0.4) is 0 Å². The van der Waals surface area contributed by atoms with E-state index in [9.17, 15) is 9.90 Å². The number of aryl methyl sites for hydroxylation is 2. The molecule has 23 heavy (non-hydrogen) atoms. The smallest absolute Gasteiger partial charge is 0.256 e. The van der Waals surface area contributed by atoms with Crippen LogP contribution in [0, 0.1) is 27.7 Å². The Morgan fingerprint density at radius 3 is 2.52 bits per heavy atom. The van der Waals surface area contributed by atoms with Crippen LogP contribution in [0.1, 0.15) is 47.1 Å². The van der Waals surface area contributed by atoms with Gasteiger partial charge in [-0.1, -0.05) is 6.07 Å². The van der Waals surface area contributed by atoms with Crippen molar-refractivity contribution in [3.63, 3.8) is 0 Å². The maximum atomic E-state index is 12.7. The van der Waals surface area contributed by atoms with Gasteiger partial charge in [-0.25, -0.2) is 0 Å². The summed E-state index contributed by atoms with van der Waals surface area (Å²) in [6.07, 6.45) is 2.28. The first-order valence-electron chi connectivity index (χ1n) is 8.17. The molecule has 1 heterocycles. The molecule has 1 aromatic rings. The molecule has 4 heteroatoms. The Balaban J connectivity index is 2.15. The van der Waals surface area contributed by atoms with Crippen LogP contribution < -0.4 is 5.32 Å². The molecule has 1 aromatic carbocycles. The number of rotatable bonds is 2. The molecule has 1 fully saturated rings. The van der Waals surface area contributed by atoms with E-state index in [0.717, 1.165) is 29.5 Å². The Kier molecular flexibility index (Phi) is 3.75. The standard InChI is InChI=1S/C19H25NO3/c1-10-8-11(2)15(13(4)12(10)3)16-17(21)19(20-18(16)22)7-6-14(9-19)23-5/h8,14,21H,6-7,9H2,1-5H3,(H,20,22). The van der Waals surface area contributed by atoms with Crippen molar-refractivity contribution >= 4 is 11.5 Å². The Bertz CT molecular complexity index is 720. The zero-order valence-corrected chi connectivity index (χ0v) is 14.5. The number of hydrogen-bond acceptors (Lipinski definition) is 3. The molecule has 124 valence electrons. The van der Waals surface area contributed by atoms with Crippen molar-refractivity contribution in [3.8, 4) is 0 Å². The van der Waals surface area contributed by atoms with Gasteiger partial charge in [0.1, 0.15) is 11.3 Å². The monoisotopic (exact) mass is 315 g/mol. The number of benzene rings is 1. The van der Waals surface area contributed by atoms with E-state index in [2.05, 4.69) is 25.2 Å². The minimum absolute atomic E-state index is 0.0822. The molecular formula is C19H25NO3. The van der Waals surface area contributed by atoms with Crippen LogP contribution in [0.25, 0.3) is 5.57 Å². The van der Waals surface area contributed by atoms with Crippen molar-refractivity contribution in [2.75, 3.05) is 7.11 Å². The van der Waals surface area contributed by atoms with Crippen LogP contribution in [-0.4, -0.2) is 29.8 Å². The van der Waals surface area contributed by atoms with E-state index in [4.69, 9.17) is 4.74 Å². The van der Waals surface area contributed by atoms with Gasteiger partial charge in [-0.3, -0.25) is 4.79 Å². The second-order valence-corrected chi connectivity index (χ2v) is 7.00. The van der Waals surface area contributed by atoms with E-state index in [1.165, 1.54) is 11.1 Å². The Hall–Kier alpha value is -1.81. The number of hydrogen-bond donors (Lipinski definition) is 2. The van der Waals surface area contributed by atoms with Crippen LogP contribution in [0.2, 0.25) is 0 Å². The lowest BCUT2D eigenvalue weighted by Crippen LogP contribution is -2.42. The average Bonchev–Trinajstić information content (AvgIpc) is 3.02. The molecule has 1 spiro atoms. The number of methoxy groups -OCH3 is 1. The van der Waals surface area contributed by atoms with Crippen molar-refractivity contribution in [2.24, 2.45) is 0 Å². The summed E-state index contributed by atoms with van der Waals surface area (Å²) in [5.74, 6) is 0.0187. The molecule has 4 nitrogen and oxygen atoms in total. The highest BCUT2D eigenvalue weighted by atomic mass is 16.5. The van der Waals surface area contributed by atoms with Crippen LogP contribution >= 0.6 is 0 Å². The molecule has 1 saturated carbocycles. The Labute approximate surface area is 137 Å². The summed E-state index contributed by atoms with van der Waals surface area (Å²) in [6.45, 7) is 8.16. The lowest BCUT2D eigenvalue weighted by Gasteiger charge is -2.24. The van der Waals surface area contributed by atoms with Crippen molar-refractivity contribution < 1.29 is 14.6 Å². The molecule has 0 aromatic heterocycles. The summed E-state index contributed by atoms with van der Waals surface area (Å²) in [4.78, 5) is 12.7. The number of ether oxygens (including phenoxy) is 1. The van der Waals surface area contributed by atoms with Crippen molar-refractivity contribution in [1.82, 2.24) is 5.32 Å². The predicted octanol–water partition coefficient (Wildman–Crippen LogP) is 3.26. The average molecular weight is 315 g/mol. The molecule has 2 aliphatic rings. The molecule has 0 saturated heterocycles. The first-order chi connectivity index (χ1) is 10.8. The third kappa shape index (κ3) is 2.27. The summed E-state index contributed by atoms with van der Waals surface area (Å²) >= 11 is 0. The normalized spacial score (nSPS) is 27.2. The highest BCUT2D eigenvalue weighted by molar-refractivity contribution is 6.24. The minimum Gasteiger partial charge on any atom is -0.509 e. The van der Waals surface area contributed by atoms with Gasteiger partial charge in [-0.2, -0.15) is 0 Å². The first kappa shape index (κ1) is 16.1. The fourth-order valence-corrected chi connectivity index (χ4v) is 4.12. The third-order valence-corrected chi connectivity index (χ3v) is 5.68. The second-order valence-electron chi connectivity index (χ2n) is 7.00. The molecule has 2 unspecified atom stereocenters. The Morgan fingerprint density at radius 1 is 1.22 bits per heavy atom. The molecule has 3 rings (SSSR count). The summed E-state index contributed by atoms with van der Waals surface area (Å²) < 4.78 is 5.42. The highest BCUT2D eigenvalue weighted by Gasteiger charge is 2.51. The van der Waals surface area contributed by atoms with Gasteiger partial charge in [-0.15, -0.1) is 0 Å². The van der Waals surface area contributed by atoms with Crippen LogP contribution in [0.5, 0.6) is 0 Å². The van der Waals surface area contributed by atoms with Crippen molar-refractivity contribution in [2.45, 2.75) is 58.6 Å². The largest absolute Gasteiger partial charge is 0.509 e. The SMILES string of the molecule is COC1CCC2(C1)NC(=O)C(c1c(C)cc(C)c(C)c1C)=C2O. The third-order valence-electron chi connectivity index (χ3n) is 5.68. The maximum Gasteiger partial charge on any atom is 0.256 e. The van der Waals surface area contributed by atoms with Crippen molar-refractivity contribution in [1.29, 1.82) is 0 Å².